The van der Waals surface area contributed by atoms with Gasteiger partial charge in [0, 0.05) is 0 Å². The van der Waals surface area contributed by atoms with E-state index < -0.39 is 6.29 Å². The van der Waals surface area contributed by atoms with E-state index in [9.17, 15) is 0 Å². The maximum Gasteiger partial charge on any atom is 0.151 e. The van der Waals surface area contributed by atoms with Crippen LogP contribution in [0.25, 0.3) is 0 Å². The van der Waals surface area contributed by atoms with Crippen LogP contribution < -0.4 is 0 Å². The molecule has 0 rings (SSSR count). The fraction of sp³-hybridized carbons (Fsp3) is 1.00. The summed E-state index contributed by atoms with van der Waals surface area (Å²) in [7, 11) is 0. The summed E-state index contributed by atoms with van der Waals surface area (Å²) in [6.07, 6.45) is 0.209. The lowest BCUT2D eigenvalue weighted by Crippen LogP contribution is -2.24. The van der Waals surface area contributed by atoms with Crippen molar-refractivity contribution in [3.05, 3.63) is 0 Å². The highest BCUT2D eigenvalue weighted by Gasteiger charge is 2.00. The predicted molar refractivity (Wildman–Crippen MR) is 45.2 cm³/mol. The third-order valence-electron chi connectivity index (χ3n) is 1.83. The maximum atomic E-state index is 8.55. The van der Waals surface area contributed by atoms with E-state index in [1.165, 1.54) is 0 Å². The summed E-state index contributed by atoms with van der Waals surface area (Å²) in [6.45, 7) is 7.26. The van der Waals surface area contributed by atoms with E-state index >= 15 is 0 Å². The SMILES string of the molecule is CCN(CC)CCCC(O)O. The molecule has 0 aromatic heterocycles. The summed E-state index contributed by atoms with van der Waals surface area (Å²) < 4.78 is 0. The molecule has 0 radical (unpaired) electrons. The number of hydrogen-bond donors (Lipinski definition) is 2. The molecule has 68 valence electrons. The molecule has 0 saturated carbocycles. The van der Waals surface area contributed by atoms with Crippen molar-refractivity contribution in [1.82, 2.24) is 4.90 Å². The molecule has 0 aliphatic heterocycles. The quantitative estimate of drug-likeness (QED) is 0.555. The van der Waals surface area contributed by atoms with E-state index in [1.54, 1.807) is 0 Å². The molecule has 0 bridgehead atoms. The molecule has 11 heavy (non-hydrogen) atoms. The van der Waals surface area contributed by atoms with Crippen LogP contribution in [0.4, 0.5) is 0 Å². The summed E-state index contributed by atoms with van der Waals surface area (Å²) in [5.74, 6) is 0. The van der Waals surface area contributed by atoms with Crippen molar-refractivity contribution in [2.45, 2.75) is 33.0 Å². The summed E-state index contributed by atoms with van der Waals surface area (Å²) in [4.78, 5) is 2.27. The minimum atomic E-state index is -1.13. The van der Waals surface area contributed by atoms with Gasteiger partial charge >= 0.3 is 0 Å². The molecule has 0 unspecified atom stereocenters. The Kier molecular flexibility index (Phi) is 6.51. The first-order valence-corrected chi connectivity index (χ1v) is 4.29. The molecule has 2 N–H and O–H groups in total. The Morgan fingerprint density at radius 1 is 1.18 bits per heavy atom. The van der Waals surface area contributed by atoms with Gasteiger partial charge in [0.05, 0.1) is 0 Å². The zero-order valence-corrected chi connectivity index (χ0v) is 7.45. The second-order valence-electron chi connectivity index (χ2n) is 2.65. The Morgan fingerprint density at radius 2 is 1.73 bits per heavy atom. The van der Waals surface area contributed by atoms with Crippen LogP contribution >= 0.6 is 0 Å². The molecular weight excluding hydrogens is 142 g/mol. The Balaban J connectivity index is 3.21. The maximum absolute atomic E-state index is 8.55. The third-order valence-corrected chi connectivity index (χ3v) is 1.83. The average molecular weight is 161 g/mol. The van der Waals surface area contributed by atoms with Crippen LogP contribution in [0.15, 0.2) is 0 Å². The molecule has 0 spiro atoms. The topological polar surface area (TPSA) is 43.7 Å². The minimum Gasteiger partial charge on any atom is -0.368 e. The Bertz CT molecular complexity index is 82.2. The summed E-state index contributed by atoms with van der Waals surface area (Å²) >= 11 is 0. The largest absolute Gasteiger partial charge is 0.368 e. The van der Waals surface area contributed by atoms with Gasteiger partial charge in [-0.1, -0.05) is 13.8 Å². The minimum absolute atomic E-state index is 0.483. The first kappa shape index (κ1) is 10.9. The van der Waals surface area contributed by atoms with Crippen LogP contribution in [0.2, 0.25) is 0 Å². The highest BCUT2D eigenvalue weighted by Crippen LogP contribution is 1.96. The number of aliphatic hydroxyl groups is 2. The molecule has 0 aromatic carbocycles. The summed E-state index contributed by atoms with van der Waals surface area (Å²) in [5.41, 5.74) is 0. The first-order valence-electron chi connectivity index (χ1n) is 4.29. The van der Waals surface area contributed by atoms with Crippen LogP contribution in [0, 0.1) is 0 Å². The zero-order chi connectivity index (χ0) is 8.69. The summed E-state index contributed by atoms with van der Waals surface area (Å²) in [5, 5.41) is 17.1. The van der Waals surface area contributed by atoms with E-state index in [0.29, 0.717) is 6.42 Å². The van der Waals surface area contributed by atoms with Crippen molar-refractivity contribution in [2.24, 2.45) is 0 Å². The van der Waals surface area contributed by atoms with Crippen molar-refractivity contribution in [1.29, 1.82) is 0 Å². The Morgan fingerprint density at radius 3 is 2.09 bits per heavy atom. The van der Waals surface area contributed by atoms with Crippen LogP contribution in [0.5, 0.6) is 0 Å². The highest BCUT2D eigenvalue weighted by molar-refractivity contribution is 4.52. The molecule has 0 fully saturated rings. The van der Waals surface area contributed by atoms with Gasteiger partial charge in [-0.25, -0.2) is 0 Å². The molecule has 3 nitrogen and oxygen atoms in total. The second kappa shape index (κ2) is 6.58. The van der Waals surface area contributed by atoms with Gasteiger partial charge in [0.15, 0.2) is 6.29 Å². The van der Waals surface area contributed by atoms with Crippen molar-refractivity contribution < 1.29 is 10.2 Å². The van der Waals surface area contributed by atoms with Crippen LogP contribution in [-0.2, 0) is 0 Å². The van der Waals surface area contributed by atoms with E-state index in [1.807, 2.05) is 0 Å². The average Bonchev–Trinajstić information content (AvgIpc) is 1.98. The van der Waals surface area contributed by atoms with Gasteiger partial charge in [0.2, 0.25) is 0 Å². The predicted octanol–water partition coefficient (Wildman–Crippen LogP) is 0.419. The van der Waals surface area contributed by atoms with E-state index in [2.05, 4.69) is 18.7 Å². The van der Waals surface area contributed by atoms with Gasteiger partial charge < -0.3 is 15.1 Å². The van der Waals surface area contributed by atoms with Crippen LogP contribution in [0.1, 0.15) is 26.7 Å². The number of aliphatic hydroxyl groups excluding tert-OH is 1. The molecule has 0 aliphatic rings. The van der Waals surface area contributed by atoms with Gasteiger partial charge in [-0.05, 0) is 32.5 Å². The standard InChI is InChI=1S/C8H19NO2/c1-3-9(4-2)7-5-6-8(10)11/h8,10-11H,3-7H2,1-2H3. The molecule has 0 aliphatic carbocycles. The highest BCUT2D eigenvalue weighted by atomic mass is 16.5. The molecule has 0 aromatic rings. The molecule has 3 heteroatoms. The number of hydrogen-bond acceptors (Lipinski definition) is 3. The van der Waals surface area contributed by atoms with Crippen molar-refractivity contribution in [3.63, 3.8) is 0 Å². The van der Waals surface area contributed by atoms with Gasteiger partial charge in [0.25, 0.3) is 0 Å². The lowest BCUT2D eigenvalue weighted by atomic mass is 10.3. The Labute approximate surface area is 68.6 Å². The van der Waals surface area contributed by atoms with Crippen molar-refractivity contribution >= 4 is 0 Å². The molecular formula is C8H19NO2. The van der Waals surface area contributed by atoms with Gasteiger partial charge in [0.1, 0.15) is 0 Å². The van der Waals surface area contributed by atoms with Gasteiger partial charge in [-0.2, -0.15) is 0 Å². The second-order valence-corrected chi connectivity index (χ2v) is 2.65. The smallest absolute Gasteiger partial charge is 0.151 e. The van der Waals surface area contributed by atoms with E-state index in [0.717, 1.165) is 26.1 Å². The van der Waals surface area contributed by atoms with E-state index in [-0.39, 0.29) is 0 Å². The van der Waals surface area contributed by atoms with E-state index in [4.69, 9.17) is 10.2 Å². The third kappa shape index (κ3) is 6.28. The fourth-order valence-electron chi connectivity index (χ4n) is 1.04. The number of rotatable bonds is 6. The number of nitrogens with zero attached hydrogens (tertiary/aromatic N) is 1. The van der Waals surface area contributed by atoms with Crippen molar-refractivity contribution in [3.8, 4) is 0 Å². The van der Waals surface area contributed by atoms with Crippen LogP contribution in [-0.4, -0.2) is 41.0 Å². The molecule has 0 saturated heterocycles. The van der Waals surface area contributed by atoms with Crippen molar-refractivity contribution in [2.75, 3.05) is 19.6 Å². The van der Waals surface area contributed by atoms with Gasteiger partial charge in [-0.15, -0.1) is 0 Å². The zero-order valence-electron chi connectivity index (χ0n) is 7.45. The lowest BCUT2D eigenvalue weighted by Gasteiger charge is -2.17. The molecule has 0 amide bonds. The fourth-order valence-corrected chi connectivity index (χ4v) is 1.04. The summed E-state index contributed by atoms with van der Waals surface area (Å²) in [6, 6.07) is 0. The normalized spacial score (nSPS) is 11.5. The first-order chi connectivity index (χ1) is 5.20. The van der Waals surface area contributed by atoms with Gasteiger partial charge in [-0.3, -0.25) is 0 Å². The molecule has 0 atom stereocenters. The lowest BCUT2D eigenvalue weighted by molar-refractivity contribution is -0.0474. The Hall–Kier alpha value is -0.120. The molecule has 0 heterocycles. The monoisotopic (exact) mass is 161 g/mol. The van der Waals surface area contributed by atoms with Crippen LogP contribution in [0.3, 0.4) is 0 Å².